The molecular formula is C10H9ClF3NO4. The van der Waals surface area contributed by atoms with Crippen molar-refractivity contribution < 1.29 is 32.5 Å². The van der Waals surface area contributed by atoms with E-state index in [1.807, 2.05) is 0 Å². The van der Waals surface area contributed by atoms with Crippen molar-refractivity contribution in [1.82, 2.24) is 4.98 Å². The van der Waals surface area contributed by atoms with Gasteiger partial charge in [0.15, 0.2) is 0 Å². The molecule has 0 spiro atoms. The number of carboxylic acids is 1. The number of aromatic nitrogens is 1. The molecule has 0 aliphatic rings. The minimum Gasteiger partial charge on any atom is -0.481 e. The molecule has 0 radical (unpaired) electrons. The molecule has 0 saturated heterocycles. The topological polar surface area (TPSA) is 68.7 Å². The van der Waals surface area contributed by atoms with Crippen molar-refractivity contribution in [2.75, 3.05) is 7.11 Å². The number of pyridine rings is 1. The Balaban J connectivity index is 3.35. The third-order valence-corrected chi connectivity index (χ3v) is 2.32. The number of hydrogen-bond acceptors (Lipinski definition) is 4. The molecule has 9 heteroatoms. The Morgan fingerprint density at radius 2 is 2.16 bits per heavy atom. The van der Waals surface area contributed by atoms with Crippen molar-refractivity contribution in [2.24, 2.45) is 0 Å². The van der Waals surface area contributed by atoms with Gasteiger partial charge in [0.05, 0.1) is 25.0 Å². The molecule has 0 unspecified atom stereocenters. The maximum Gasteiger partial charge on any atom is 0.573 e. The summed E-state index contributed by atoms with van der Waals surface area (Å²) in [5.74, 6) is -2.52. The van der Waals surface area contributed by atoms with Crippen LogP contribution in [0.1, 0.15) is 11.1 Å². The Morgan fingerprint density at radius 3 is 2.58 bits per heavy atom. The SMILES string of the molecule is COc1ncc(CC(=O)O)c(OC(F)(F)F)c1CCl. The van der Waals surface area contributed by atoms with E-state index in [0.29, 0.717) is 0 Å². The van der Waals surface area contributed by atoms with E-state index < -0.39 is 24.5 Å². The number of nitrogens with zero attached hydrogens (tertiary/aromatic N) is 1. The van der Waals surface area contributed by atoms with Crippen LogP contribution in [-0.4, -0.2) is 29.5 Å². The highest BCUT2D eigenvalue weighted by molar-refractivity contribution is 6.17. The normalized spacial score (nSPS) is 11.2. The van der Waals surface area contributed by atoms with Crippen molar-refractivity contribution >= 4 is 17.6 Å². The van der Waals surface area contributed by atoms with Crippen LogP contribution in [-0.2, 0) is 17.1 Å². The third kappa shape index (κ3) is 4.16. The minimum absolute atomic E-state index is 0.150. The van der Waals surface area contributed by atoms with Crippen LogP contribution < -0.4 is 9.47 Å². The van der Waals surface area contributed by atoms with Gasteiger partial charge in [-0.15, -0.1) is 24.8 Å². The number of halogens is 4. The smallest absolute Gasteiger partial charge is 0.481 e. The minimum atomic E-state index is -4.97. The molecule has 0 fully saturated rings. The lowest BCUT2D eigenvalue weighted by Gasteiger charge is -2.17. The van der Waals surface area contributed by atoms with Gasteiger partial charge in [0.25, 0.3) is 0 Å². The number of alkyl halides is 4. The number of carbonyl (C=O) groups is 1. The van der Waals surface area contributed by atoms with Crippen molar-refractivity contribution in [3.63, 3.8) is 0 Å². The van der Waals surface area contributed by atoms with E-state index in [1.165, 1.54) is 7.11 Å². The summed E-state index contributed by atoms with van der Waals surface area (Å²) in [6.45, 7) is 0. The van der Waals surface area contributed by atoms with Gasteiger partial charge < -0.3 is 14.6 Å². The first-order valence-corrected chi connectivity index (χ1v) is 5.40. The van der Waals surface area contributed by atoms with Crippen LogP contribution in [0.3, 0.4) is 0 Å². The Bertz CT molecular complexity index is 479. The van der Waals surface area contributed by atoms with Crippen LogP contribution in [0.15, 0.2) is 6.20 Å². The second-order valence-corrected chi connectivity index (χ2v) is 3.62. The van der Waals surface area contributed by atoms with Crippen molar-refractivity contribution in [3.8, 4) is 11.6 Å². The molecule has 0 saturated carbocycles. The number of ether oxygens (including phenoxy) is 2. The first-order valence-electron chi connectivity index (χ1n) is 4.86. The summed E-state index contributed by atoms with van der Waals surface area (Å²) in [5.41, 5.74) is -0.387. The fraction of sp³-hybridized carbons (Fsp3) is 0.400. The molecule has 1 rings (SSSR count). The van der Waals surface area contributed by atoms with Gasteiger partial charge in [0.2, 0.25) is 5.88 Å². The quantitative estimate of drug-likeness (QED) is 0.845. The summed E-state index contributed by atoms with van der Waals surface area (Å²) in [6, 6.07) is 0. The van der Waals surface area contributed by atoms with Gasteiger partial charge in [0.1, 0.15) is 5.75 Å². The zero-order chi connectivity index (χ0) is 14.6. The molecule has 5 nitrogen and oxygen atoms in total. The molecule has 0 bridgehead atoms. The van der Waals surface area contributed by atoms with E-state index in [-0.39, 0.29) is 22.9 Å². The van der Waals surface area contributed by atoms with Gasteiger partial charge in [-0.1, -0.05) is 0 Å². The zero-order valence-electron chi connectivity index (χ0n) is 9.62. The summed E-state index contributed by atoms with van der Waals surface area (Å²) in [6.07, 6.45) is -4.70. The predicted molar refractivity (Wildman–Crippen MR) is 58.4 cm³/mol. The third-order valence-electron chi connectivity index (χ3n) is 2.05. The number of rotatable bonds is 5. The molecule has 0 aliphatic heterocycles. The van der Waals surface area contributed by atoms with Gasteiger partial charge in [-0.2, -0.15) is 0 Å². The van der Waals surface area contributed by atoms with E-state index in [1.54, 1.807) is 0 Å². The summed E-state index contributed by atoms with van der Waals surface area (Å²) in [4.78, 5) is 14.3. The second kappa shape index (κ2) is 5.96. The standard InChI is InChI=1S/C10H9ClF3NO4/c1-18-9-6(3-11)8(19-10(12,13)14)5(4-15-9)2-7(16)17/h4H,2-3H2,1H3,(H,16,17). The van der Waals surface area contributed by atoms with Crippen LogP contribution in [0.4, 0.5) is 13.2 Å². The Labute approximate surface area is 110 Å². The number of aliphatic carboxylic acids is 1. The molecule has 0 atom stereocenters. The van der Waals surface area contributed by atoms with Crippen molar-refractivity contribution in [2.45, 2.75) is 18.7 Å². The molecule has 0 aromatic carbocycles. The highest BCUT2D eigenvalue weighted by atomic mass is 35.5. The molecule has 1 aromatic rings. The summed E-state index contributed by atoms with van der Waals surface area (Å²) in [5, 5.41) is 8.65. The lowest BCUT2D eigenvalue weighted by molar-refractivity contribution is -0.275. The summed E-state index contributed by atoms with van der Waals surface area (Å²) >= 11 is 5.54. The largest absolute Gasteiger partial charge is 0.573 e. The molecule has 0 amide bonds. The zero-order valence-corrected chi connectivity index (χ0v) is 10.4. The average molecular weight is 300 g/mol. The van der Waals surface area contributed by atoms with E-state index >= 15 is 0 Å². The van der Waals surface area contributed by atoms with Crippen LogP contribution in [0, 0.1) is 0 Å². The first kappa shape index (κ1) is 15.4. The lowest BCUT2D eigenvalue weighted by atomic mass is 10.1. The second-order valence-electron chi connectivity index (χ2n) is 3.35. The van der Waals surface area contributed by atoms with Crippen molar-refractivity contribution in [1.29, 1.82) is 0 Å². The van der Waals surface area contributed by atoms with E-state index in [0.717, 1.165) is 6.20 Å². The lowest BCUT2D eigenvalue weighted by Crippen LogP contribution is -2.20. The van der Waals surface area contributed by atoms with Crippen LogP contribution >= 0.6 is 11.6 Å². The Hall–Kier alpha value is -1.70. The maximum atomic E-state index is 12.3. The van der Waals surface area contributed by atoms with Crippen LogP contribution in [0.5, 0.6) is 11.6 Å². The first-order chi connectivity index (χ1) is 8.78. The van der Waals surface area contributed by atoms with E-state index in [2.05, 4.69) is 9.72 Å². The fourth-order valence-electron chi connectivity index (χ4n) is 1.39. The molecule has 106 valence electrons. The molecule has 19 heavy (non-hydrogen) atoms. The Kier molecular flexibility index (Phi) is 4.82. The van der Waals surface area contributed by atoms with Crippen LogP contribution in [0.25, 0.3) is 0 Å². The van der Waals surface area contributed by atoms with Crippen LogP contribution in [0.2, 0.25) is 0 Å². The molecule has 1 heterocycles. The van der Waals surface area contributed by atoms with Gasteiger partial charge in [-0.3, -0.25) is 4.79 Å². The Morgan fingerprint density at radius 1 is 1.53 bits per heavy atom. The number of carboxylic acid groups (broad SMARTS) is 1. The molecule has 1 aromatic heterocycles. The molecule has 1 N–H and O–H groups in total. The highest BCUT2D eigenvalue weighted by Gasteiger charge is 2.34. The predicted octanol–water partition coefficient (Wildman–Crippen LogP) is 2.35. The summed E-state index contributed by atoms with van der Waals surface area (Å²) in [7, 11) is 1.20. The average Bonchev–Trinajstić information content (AvgIpc) is 2.28. The van der Waals surface area contributed by atoms with Gasteiger partial charge in [-0.25, -0.2) is 4.98 Å². The molecular weight excluding hydrogens is 291 g/mol. The maximum absolute atomic E-state index is 12.3. The number of hydrogen-bond donors (Lipinski definition) is 1. The summed E-state index contributed by atoms with van der Waals surface area (Å²) < 4.78 is 45.6. The molecule has 0 aliphatic carbocycles. The number of methoxy groups -OCH3 is 1. The van der Waals surface area contributed by atoms with Gasteiger partial charge in [-0.05, 0) is 0 Å². The van der Waals surface area contributed by atoms with Gasteiger partial charge >= 0.3 is 12.3 Å². The van der Waals surface area contributed by atoms with E-state index in [4.69, 9.17) is 21.4 Å². The highest BCUT2D eigenvalue weighted by Crippen LogP contribution is 2.35. The van der Waals surface area contributed by atoms with Crippen molar-refractivity contribution in [3.05, 3.63) is 17.3 Å². The monoisotopic (exact) mass is 299 g/mol. The fourth-order valence-corrected chi connectivity index (χ4v) is 1.63. The van der Waals surface area contributed by atoms with E-state index in [9.17, 15) is 18.0 Å². The van der Waals surface area contributed by atoms with Gasteiger partial charge in [0, 0.05) is 11.8 Å².